The van der Waals surface area contributed by atoms with Crippen molar-refractivity contribution in [1.29, 1.82) is 0 Å². The summed E-state index contributed by atoms with van der Waals surface area (Å²) in [6.07, 6.45) is 0. The number of thioether (sulfide) groups is 1. The molecule has 2 N–H and O–H groups in total. The van der Waals surface area contributed by atoms with Crippen molar-refractivity contribution < 1.29 is 4.79 Å². The maximum absolute atomic E-state index is 11.8. The molecule has 0 saturated heterocycles. The molecular weight excluding hydrogens is 344 g/mol. The highest BCUT2D eigenvalue weighted by Gasteiger charge is 2.09. The van der Waals surface area contributed by atoms with Gasteiger partial charge < -0.3 is 5.32 Å². The molecule has 6 nitrogen and oxygen atoms in total. The number of carbonyl (C=O) groups is 1. The van der Waals surface area contributed by atoms with E-state index in [2.05, 4.69) is 31.4 Å². The van der Waals surface area contributed by atoms with Gasteiger partial charge in [0, 0.05) is 17.2 Å². The summed E-state index contributed by atoms with van der Waals surface area (Å²) in [5, 5.41) is 9.43. The largest absolute Gasteiger partial charge is 0.343 e. The second-order valence-electron chi connectivity index (χ2n) is 4.17. The van der Waals surface area contributed by atoms with Crippen molar-refractivity contribution in [3.05, 3.63) is 38.7 Å². The van der Waals surface area contributed by atoms with E-state index in [0.29, 0.717) is 5.16 Å². The fourth-order valence-corrected chi connectivity index (χ4v) is 2.48. The molecule has 2 aromatic rings. The lowest BCUT2D eigenvalue weighted by atomic mass is 10.2. The van der Waals surface area contributed by atoms with Crippen LogP contribution in [-0.2, 0) is 11.8 Å². The maximum atomic E-state index is 11.8. The van der Waals surface area contributed by atoms with E-state index < -0.39 is 0 Å². The van der Waals surface area contributed by atoms with Gasteiger partial charge in [-0.3, -0.25) is 9.36 Å². The molecule has 1 amide bonds. The van der Waals surface area contributed by atoms with Gasteiger partial charge in [0.25, 0.3) is 0 Å². The molecule has 0 unspecified atom stereocenters. The van der Waals surface area contributed by atoms with Crippen LogP contribution >= 0.6 is 27.7 Å². The summed E-state index contributed by atoms with van der Waals surface area (Å²) in [4.78, 5) is 23.0. The first-order chi connectivity index (χ1) is 9.47. The molecular formula is C12H13BrN4O2S. The number of carbonyl (C=O) groups excluding carboxylic acids is 1. The molecule has 106 valence electrons. The summed E-state index contributed by atoms with van der Waals surface area (Å²) >= 11 is 4.61. The van der Waals surface area contributed by atoms with Gasteiger partial charge in [0.1, 0.15) is 0 Å². The highest BCUT2D eigenvalue weighted by Crippen LogP contribution is 2.20. The summed E-state index contributed by atoms with van der Waals surface area (Å²) in [7, 11) is 1.60. The molecule has 0 spiro atoms. The Morgan fingerprint density at radius 2 is 2.30 bits per heavy atom. The number of aryl methyl sites for hydroxylation is 1. The molecule has 2 rings (SSSR count). The van der Waals surface area contributed by atoms with Crippen LogP contribution in [-0.4, -0.2) is 26.4 Å². The van der Waals surface area contributed by atoms with Gasteiger partial charge in [-0.25, -0.2) is 9.89 Å². The van der Waals surface area contributed by atoms with E-state index in [4.69, 9.17) is 0 Å². The maximum Gasteiger partial charge on any atom is 0.343 e. The zero-order chi connectivity index (χ0) is 14.7. The van der Waals surface area contributed by atoms with Crippen LogP contribution in [0.3, 0.4) is 0 Å². The van der Waals surface area contributed by atoms with E-state index in [-0.39, 0.29) is 17.3 Å². The van der Waals surface area contributed by atoms with Crippen LogP contribution < -0.4 is 11.0 Å². The minimum Gasteiger partial charge on any atom is -0.325 e. The Hall–Kier alpha value is -1.54. The smallest absolute Gasteiger partial charge is 0.325 e. The first kappa shape index (κ1) is 14.9. The summed E-state index contributed by atoms with van der Waals surface area (Å²) in [5.74, 6) is 0.0416. The highest BCUT2D eigenvalue weighted by molar-refractivity contribution is 9.10. The van der Waals surface area contributed by atoms with Gasteiger partial charge in [0.2, 0.25) is 5.91 Å². The number of anilines is 1. The van der Waals surface area contributed by atoms with Gasteiger partial charge in [0.15, 0.2) is 5.16 Å². The third-order valence-corrected chi connectivity index (χ3v) is 4.53. The number of aromatic nitrogens is 3. The Morgan fingerprint density at radius 1 is 1.55 bits per heavy atom. The first-order valence-electron chi connectivity index (χ1n) is 5.77. The third kappa shape index (κ3) is 3.51. The van der Waals surface area contributed by atoms with E-state index in [1.54, 1.807) is 7.05 Å². The molecule has 8 heteroatoms. The van der Waals surface area contributed by atoms with Crippen molar-refractivity contribution in [1.82, 2.24) is 14.8 Å². The van der Waals surface area contributed by atoms with Crippen LogP contribution in [0, 0.1) is 6.92 Å². The second-order valence-corrected chi connectivity index (χ2v) is 5.97. The molecule has 0 radical (unpaired) electrons. The van der Waals surface area contributed by atoms with E-state index in [1.807, 2.05) is 25.1 Å². The minimum absolute atomic E-state index is 0.146. The van der Waals surface area contributed by atoms with Crippen LogP contribution in [0.5, 0.6) is 0 Å². The molecule has 0 fully saturated rings. The Morgan fingerprint density at radius 3 is 2.90 bits per heavy atom. The van der Waals surface area contributed by atoms with E-state index in [0.717, 1.165) is 15.7 Å². The summed E-state index contributed by atoms with van der Waals surface area (Å²) in [6.45, 7) is 1.95. The van der Waals surface area contributed by atoms with Crippen LogP contribution in [0.1, 0.15) is 5.56 Å². The quantitative estimate of drug-likeness (QED) is 0.820. The standard InChI is InChI=1S/C12H13BrN4O2S/c1-7-5-8(3-4-9(7)13)14-10(18)6-20-12-16-15-11(19)17(12)2/h3-5H,6H2,1-2H3,(H,14,18)(H,15,19). The number of hydrogen-bond donors (Lipinski definition) is 2. The Bertz CT molecular complexity index is 695. The highest BCUT2D eigenvalue weighted by atomic mass is 79.9. The SMILES string of the molecule is Cc1cc(NC(=O)CSc2n[nH]c(=O)n2C)ccc1Br. The van der Waals surface area contributed by atoms with Crippen molar-refractivity contribution >= 4 is 39.3 Å². The molecule has 1 aromatic heterocycles. The minimum atomic E-state index is -0.295. The lowest BCUT2D eigenvalue weighted by molar-refractivity contribution is -0.113. The number of halogens is 1. The van der Waals surface area contributed by atoms with Crippen molar-refractivity contribution in [3.63, 3.8) is 0 Å². The van der Waals surface area contributed by atoms with E-state index >= 15 is 0 Å². The Kier molecular flexibility index (Phi) is 4.66. The Labute approximate surface area is 128 Å². The van der Waals surface area contributed by atoms with Gasteiger partial charge in [-0.2, -0.15) is 0 Å². The number of hydrogen-bond acceptors (Lipinski definition) is 4. The van der Waals surface area contributed by atoms with Gasteiger partial charge in [-0.1, -0.05) is 27.7 Å². The fourth-order valence-electron chi connectivity index (χ4n) is 1.51. The number of amides is 1. The first-order valence-corrected chi connectivity index (χ1v) is 7.55. The normalized spacial score (nSPS) is 10.6. The second kappa shape index (κ2) is 6.27. The van der Waals surface area contributed by atoms with Gasteiger partial charge in [-0.15, -0.1) is 5.10 Å². The molecule has 0 saturated carbocycles. The number of nitrogens with one attached hydrogen (secondary N) is 2. The molecule has 0 atom stereocenters. The average molecular weight is 357 g/mol. The molecule has 0 aliphatic heterocycles. The monoisotopic (exact) mass is 356 g/mol. The topological polar surface area (TPSA) is 79.8 Å². The summed E-state index contributed by atoms with van der Waals surface area (Å²) in [6, 6.07) is 5.59. The van der Waals surface area contributed by atoms with Crippen LogP contribution in [0.25, 0.3) is 0 Å². The van der Waals surface area contributed by atoms with Crippen molar-refractivity contribution in [2.24, 2.45) is 7.05 Å². The fraction of sp³-hybridized carbons (Fsp3) is 0.250. The number of nitrogens with zero attached hydrogens (tertiary/aromatic N) is 2. The van der Waals surface area contributed by atoms with Crippen LogP contribution in [0.2, 0.25) is 0 Å². The number of benzene rings is 1. The van der Waals surface area contributed by atoms with Gasteiger partial charge >= 0.3 is 5.69 Å². The van der Waals surface area contributed by atoms with Gasteiger partial charge in [-0.05, 0) is 30.7 Å². The van der Waals surface area contributed by atoms with E-state index in [9.17, 15) is 9.59 Å². The van der Waals surface area contributed by atoms with Crippen molar-refractivity contribution in [3.8, 4) is 0 Å². The van der Waals surface area contributed by atoms with Crippen LogP contribution in [0.15, 0.2) is 32.6 Å². The predicted molar refractivity (Wildman–Crippen MR) is 82.1 cm³/mol. The van der Waals surface area contributed by atoms with Crippen molar-refractivity contribution in [2.45, 2.75) is 12.1 Å². The molecule has 20 heavy (non-hydrogen) atoms. The van der Waals surface area contributed by atoms with Gasteiger partial charge in [0.05, 0.1) is 5.75 Å². The number of aromatic amines is 1. The lowest BCUT2D eigenvalue weighted by Crippen LogP contribution is -2.16. The van der Waals surface area contributed by atoms with Crippen molar-refractivity contribution in [2.75, 3.05) is 11.1 Å². The zero-order valence-corrected chi connectivity index (χ0v) is 13.3. The molecule has 0 bridgehead atoms. The molecule has 0 aliphatic rings. The Balaban J connectivity index is 1.94. The lowest BCUT2D eigenvalue weighted by Gasteiger charge is -2.06. The van der Waals surface area contributed by atoms with Crippen LogP contribution in [0.4, 0.5) is 5.69 Å². The third-order valence-electron chi connectivity index (χ3n) is 2.61. The summed E-state index contributed by atoms with van der Waals surface area (Å²) < 4.78 is 2.36. The predicted octanol–water partition coefficient (Wildman–Crippen LogP) is 1.91. The van der Waals surface area contributed by atoms with E-state index in [1.165, 1.54) is 16.3 Å². The molecule has 1 heterocycles. The average Bonchev–Trinajstić information content (AvgIpc) is 2.72. The molecule has 0 aliphatic carbocycles. The molecule has 1 aromatic carbocycles. The summed E-state index contributed by atoms with van der Waals surface area (Å²) in [5.41, 5.74) is 1.49. The number of rotatable bonds is 4. The number of H-pyrrole nitrogens is 1. The zero-order valence-electron chi connectivity index (χ0n) is 10.9.